The van der Waals surface area contributed by atoms with Gasteiger partial charge in [-0.1, -0.05) is 12.5 Å². The van der Waals surface area contributed by atoms with Gasteiger partial charge in [0, 0.05) is 17.0 Å². The van der Waals surface area contributed by atoms with Crippen LogP contribution in [0.2, 0.25) is 0 Å². The van der Waals surface area contributed by atoms with E-state index in [1.165, 1.54) is 50.1 Å². The van der Waals surface area contributed by atoms with Gasteiger partial charge in [0.05, 0.1) is 0 Å². The highest BCUT2D eigenvalue weighted by Gasteiger charge is 2.19. The Hall–Kier alpha value is -0.380. The number of hydrogen-bond donors (Lipinski definition) is 1. The fourth-order valence-corrected chi connectivity index (χ4v) is 3.04. The van der Waals surface area contributed by atoms with Crippen LogP contribution in [0, 0.1) is 0 Å². The second kappa shape index (κ2) is 7.27. The zero-order valence-corrected chi connectivity index (χ0v) is 12.5. The zero-order chi connectivity index (χ0) is 12.8. The summed E-state index contributed by atoms with van der Waals surface area (Å²) in [6.45, 7) is 4.73. The van der Waals surface area contributed by atoms with Gasteiger partial charge in [-0.15, -0.1) is 11.3 Å². The van der Waals surface area contributed by atoms with Crippen molar-refractivity contribution < 1.29 is 0 Å². The van der Waals surface area contributed by atoms with Crippen LogP contribution >= 0.6 is 11.3 Å². The highest BCUT2D eigenvalue weighted by Crippen LogP contribution is 2.23. The SMILES string of the molecule is CC(c1cccs1)N(C)CCCCCNC1CC1. The van der Waals surface area contributed by atoms with E-state index in [2.05, 4.69) is 41.7 Å². The number of nitrogens with one attached hydrogen (secondary N) is 1. The Balaban J connectivity index is 1.52. The first-order chi connectivity index (χ1) is 8.77. The lowest BCUT2D eigenvalue weighted by molar-refractivity contribution is 0.258. The largest absolute Gasteiger partial charge is 0.314 e. The van der Waals surface area contributed by atoms with Crippen molar-refractivity contribution in [3.8, 4) is 0 Å². The van der Waals surface area contributed by atoms with Gasteiger partial charge in [-0.3, -0.25) is 4.90 Å². The van der Waals surface area contributed by atoms with Gasteiger partial charge in [-0.25, -0.2) is 0 Å². The first-order valence-electron chi connectivity index (χ1n) is 7.24. The van der Waals surface area contributed by atoms with E-state index in [1.807, 2.05) is 11.3 Å². The Morgan fingerprint density at radius 3 is 2.89 bits per heavy atom. The van der Waals surface area contributed by atoms with Crippen molar-refractivity contribution in [2.24, 2.45) is 0 Å². The lowest BCUT2D eigenvalue weighted by atomic mass is 10.2. The van der Waals surface area contributed by atoms with Crippen molar-refractivity contribution in [1.29, 1.82) is 0 Å². The predicted octanol–water partition coefficient (Wildman–Crippen LogP) is 3.66. The molecule has 1 aromatic heterocycles. The fraction of sp³-hybridized carbons (Fsp3) is 0.733. The molecule has 18 heavy (non-hydrogen) atoms. The van der Waals surface area contributed by atoms with Gasteiger partial charge in [-0.05, 0) is 64.2 Å². The highest BCUT2D eigenvalue weighted by atomic mass is 32.1. The second-order valence-corrected chi connectivity index (χ2v) is 6.44. The molecule has 0 bridgehead atoms. The third kappa shape index (κ3) is 4.71. The molecule has 2 nitrogen and oxygen atoms in total. The molecule has 1 aliphatic carbocycles. The molecule has 1 unspecified atom stereocenters. The van der Waals surface area contributed by atoms with Gasteiger partial charge in [-0.2, -0.15) is 0 Å². The Morgan fingerprint density at radius 2 is 2.22 bits per heavy atom. The lowest BCUT2D eigenvalue weighted by Crippen LogP contribution is -2.23. The molecule has 102 valence electrons. The van der Waals surface area contributed by atoms with E-state index in [-0.39, 0.29) is 0 Å². The van der Waals surface area contributed by atoms with Crippen molar-refractivity contribution in [2.75, 3.05) is 20.1 Å². The highest BCUT2D eigenvalue weighted by molar-refractivity contribution is 7.10. The molecule has 1 aliphatic rings. The van der Waals surface area contributed by atoms with Gasteiger partial charge in [0.2, 0.25) is 0 Å². The molecule has 2 rings (SSSR count). The van der Waals surface area contributed by atoms with E-state index in [1.54, 1.807) is 0 Å². The van der Waals surface area contributed by atoms with E-state index < -0.39 is 0 Å². The Labute approximate surface area is 115 Å². The van der Waals surface area contributed by atoms with E-state index in [0.717, 1.165) is 6.04 Å². The number of nitrogens with zero attached hydrogens (tertiary/aromatic N) is 1. The minimum absolute atomic E-state index is 0.564. The lowest BCUT2D eigenvalue weighted by Gasteiger charge is -2.23. The monoisotopic (exact) mass is 266 g/mol. The van der Waals surface area contributed by atoms with E-state index in [4.69, 9.17) is 0 Å². The maximum Gasteiger partial charge on any atom is 0.0410 e. The van der Waals surface area contributed by atoms with Crippen LogP contribution in [0.25, 0.3) is 0 Å². The molecule has 1 saturated carbocycles. The fourth-order valence-electron chi connectivity index (χ4n) is 2.20. The number of rotatable bonds is 9. The van der Waals surface area contributed by atoms with Gasteiger partial charge >= 0.3 is 0 Å². The third-order valence-electron chi connectivity index (χ3n) is 3.81. The maximum atomic E-state index is 3.58. The van der Waals surface area contributed by atoms with Crippen molar-refractivity contribution in [2.45, 2.75) is 51.1 Å². The molecule has 0 radical (unpaired) electrons. The average Bonchev–Trinajstić information content (AvgIpc) is 3.04. The molecule has 0 spiro atoms. The first-order valence-corrected chi connectivity index (χ1v) is 8.12. The van der Waals surface area contributed by atoms with Crippen molar-refractivity contribution in [3.63, 3.8) is 0 Å². The molecule has 0 saturated heterocycles. The van der Waals surface area contributed by atoms with Crippen LogP contribution in [-0.2, 0) is 0 Å². The summed E-state index contributed by atoms with van der Waals surface area (Å²) in [4.78, 5) is 3.95. The standard InChI is InChI=1S/C15H26N2S/c1-13(15-7-6-12-18-15)17(2)11-5-3-4-10-16-14-8-9-14/h6-7,12-14,16H,3-5,8-11H2,1-2H3. The summed E-state index contributed by atoms with van der Waals surface area (Å²) in [5.41, 5.74) is 0. The van der Waals surface area contributed by atoms with Crippen LogP contribution in [-0.4, -0.2) is 31.1 Å². The summed E-state index contributed by atoms with van der Waals surface area (Å²) in [7, 11) is 2.24. The smallest absolute Gasteiger partial charge is 0.0410 e. The Kier molecular flexibility index (Phi) is 5.67. The number of thiophene rings is 1. The second-order valence-electron chi connectivity index (χ2n) is 5.46. The molecule has 1 heterocycles. The molecule has 1 aromatic rings. The Bertz CT molecular complexity index is 319. The summed E-state index contributed by atoms with van der Waals surface area (Å²) in [5.74, 6) is 0. The first kappa shape index (κ1) is 14.0. The molecular formula is C15H26N2S. The van der Waals surface area contributed by atoms with Crippen molar-refractivity contribution >= 4 is 11.3 Å². The molecule has 0 aliphatic heterocycles. The van der Waals surface area contributed by atoms with E-state index >= 15 is 0 Å². The van der Waals surface area contributed by atoms with Crippen LogP contribution in [0.4, 0.5) is 0 Å². The summed E-state index contributed by atoms with van der Waals surface area (Å²) >= 11 is 1.87. The molecule has 1 atom stereocenters. The van der Waals surface area contributed by atoms with Gasteiger partial charge < -0.3 is 5.32 Å². The van der Waals surface area contributed by atoms with Gasteiger partial charge in [0.25, 0.3) is 0 Å². The minimum atomic E-state index is 0.564. The van der Waals surface area contributed by atoms with E-state index in [9.17, 15) is 0 Å². The molecular weight excluding hydrogens is 240 g/mol. The zero-order valence-electron chi connectivity index (χ0n) is 11.7. The quantitative estimate of drug-likeness (QED) is 0.686. The maximum absolute atomic E-state index is 3.58. The minimum Gasteiger partial charge on any atom is -0.314 e. The summed E-state index contributed by atoms with van der Waals surface area (Å²) in [5, 5.41) is 5.75. The Morgan fingerprint density at radius 1 is 1.39 bits per heavy atom. The van der Waals surface area contributed by atoms with Gasteiger partial charge in [0.15, 0.2) is 0 Å². The molecule has 0 amide bonds. The van der Waals surface area contributed by atoms with Crippen molar-refractivity contribution in [1.82, 2.24) is 10.2 Å². The van der Waals surface area contributed by atoms with Crippen LogP contribution in [0.15, 0.2) is 17.5 Å². The summed E-state index contributed by atoms with van der Waals surface area (Å²) in [6.07, 6.45) is 6.81. The van der Waals surface area contributed by atoms with Crippen LogP contribution in [0.3, 0.4) is 0 Å². The third-order valence-corrected chi connectivity index (χ3v) is 4.86. The molecule has 1 fully saturated rings. The van der Waals surface area contributed by atoms with Gasteiger partial charge in [0.1, 0.15) is 0 Å². The normalized spacial score (nSPS) is 17.3. The van der Waals surface area contributed by atoms with Crippen molar-refractivity contribution in [3.05, 3.63) is 22.4 Å². The average molecular weight is 266 g/mol. The van der Waals surface area contributed by atoms with Crippen LogP contribution in [0.5, 0.6) is 0 Å². The van der Waals surface area contributed by atoms with Crippen LogP contribution < -0.4 is 5.32 Å². The predicted molar refractivity (Wildman–Crippen MR) is 80.2 cm³/mol. The number of hydrogen-bond acceptors (Lipinski definition) is 3. The summed E-state index contributed by atoms with van der Waals surface area (Å²) < 4.78 is 0. The number of unbranched alkanes of at least 4 members (excludes halogenated alkanes) is 2. The molecule has 3 heteroatoms. The molecule has 1 N–H and O–H groups in total. The summed E-state index contributed by atoms with van der Waals surface area (Å²) in [6, 6.07) is 5.82. The van der Waals surface area contributed by atoms with E-state index in [0.29, 0.717) is 6.04 Å². The topological polar surface area (TPSA) is 15.3 Å². The van der Waals surface area contributed by atoms with Crippen LogP contribution in [0.1, 0.15) is 49.9 Å². The molecule has 0 aromatic carbocycles.